The van der Waals surface area contributed by atoms with Crippen molar-refractivity contribution in [1.29, 1.82) is 0 Å². The average molecular weight is 508 g/mol. The number of imidazole rings is 1. The number of para-hydroxylation sites is 2. The molecule has 0 fully saturated rings. The number of thiazole rings is 1. The molecule has 0 spiro atoms. The van der Waals surface area contributed by atoms with Crippen molar-refractivity contribution in [2.24, 2.45) is 0 Å². The number of aromatic nitrogens is 4. The largest absolute Gasteiger partial charge is 0.387 e. The number of fused-ring (bicyclic) bond motifs is 7. The van der Waals surface area contributed by atoms with Gasteiger partial charge < -0.3 is 5.32 Å². The van der Waals surface area contributed by atoms with Crippen molar-refractivity contribution in [1.82, 2.24) is 24.7 Å². The van der Waals surface area contributed by atoms with Gasteiger partial charge in [0.05, 0.1) is 21.4 Å². The van der Waals surface area contributed by atoms with Gasteiger partial charge in [-0.05, 0) is 71.4 Å². The molecule has 1 aliphatic heterocycles. The monoisotopic (exact) mass is 507 g/mol. The molecule has 0 atom stereocenters. The molecule has 180 valence electrons. The van der Waals surface area contributed by atoms with Crippen LogP contribution in [0.3, 0.4) is 0 Å². The summed E-state index contributed by atoms with van der Waals surface area (Å²) in [6, 6.07) is 27.6. The Hall–Kier alpha value is -4.81. The summed E-state index contributed by atoms with van der Waals surface area (Å²) in [4.78, 5) is 15.8. The van der Waals surface area contributed by atoms with Crippen LogP contribution in [0.4, 0.5) is 0 Å². The molecule has 0 radical (unpaired) electrons. The first kappa shape index (κ1) is 21.3. The Kier molecular flexibility index (Phi) is 4.69. The number of benzene rings is 3. The third-order valence-corrected chi connectivity index (χ3v) is 8.17. The number of nitrogens with zero attached hydrogens (tertiary/aromatic N) is 4. The fourth-order valence-corrected chi connectivity index (χ4v) is 6.40. The lowest BCUT2D eigenvalue weighted by Crippen LogP contribution is -2.11. The Morgan fingerprint density at radius 3 is 2.58 bits per heavy atom. The van der Waals surface area contributed by atoms with Crippen molar-refractivity contribution in [2.45, 2.75) is 0 Å². The van der Waals surface area contributed by atoms with Gasteiger partial charge in [-0.15, -0.1) is 0 Å². The maximum absolute atomic E-state index is 5.28. The number of nitrogens with one attached hydrogen (secondary N) is 1. The molecule has 38 heavy (non-hydrogen) atoms. The normalized spacial score (nSPS) is 13.4. The van der Waals surface area contributed by atoms with Crippen LogP contribution >= 0.6 is 11.3 Å². The Morgan fingerprint density at radius 2 is 1.68 bits per heavy atom. The fraction of sp³-hybridized carbons (Fsp3) is 0.0312. The molecule has 0 aliphatic carbocycles. The molecule has 0 saturated carbocycles. The van der Waals surface area contributed by atoms with Gasteiger partial charge in [-0.2, -0.15) is 0 Å². The Balaban J connectivity index is 1.50. The predicted molar refractivity (Wildman–Crippen MR) is 157 cm³/mol. The van der Waals surface area contributed by atoms with Gasteiger partial charge in [0.25, 0.3) is 0 Å². The minimum Gasteiger partial charge on any atom is -0.387 e. The first-order chi connectivity index (χ1) is 18.8. The predicted octanol–water partition coefficient (Wildman–Crippen LogP) is 7.48. The SMILES string of the molecule is C1=CNCC(c2cc(-c3cccnc3)cc(-c3nc4ccccc4c4nc5sc6ccccc6n5c34)c2)=C1. The van der Waals surface area contributed by atoms with Gasteiger partial charge in [0.2, 0.25) is 0 Å². The third-order valence-electron chi connectivity index (χ3n) is 7.15. The highest BCUT2D eigenvalue weighted by Gasteiger charge is 2.20. The summed E-state index contributed by atoms with van der Waals surface area (Å²) >= 11 is 1.72. The lowest BCUT2D eigenvalue weighted by Gasteiger charge is -2.15. The summed E-state index contributed by atoms with van der Waals surface area (Å²) < 4.78 is 3.50. The maximum Gasteiger partial charge on any atom is 0.195 e. The molecule has 6 heteroatoms. The number of dihydropyridines is 1. The molecule has 0 bridgehead atoms. The van der Waals surface area contributed by atoms with E-state index in [2.05, 4.69) is 93.6 Å². The van der Waals surface area contributed by atoms with Crippen molar-refractivity contribution in [3.63, 3.8) is 0 Å². The van der Waals surface area contributed by atoms with E-state index in [1.165, 1.54) is 10.3 Å². The van der Waals surface area contributed by atoms with Crippen LogP contribution in [0, 0.1) is 0 Å². The molecular formula is C32H21N5S. The van der Waals surface area contributed by atoms with Gasteiger partial charge in [-0.1, -0.05) is 53.8 Å². The zero-order chi connectivity index (χ0) is 25.1. The number of pyridine rings is 2. The van der Waals surface area contributed by atoms with E-state index in [0.717, 1.165) is 66.9 Å². The van der Waals surface area contributed by atoms with E-state index in [-0.39, 0.29) is 0 Å². The summed E-state index contributed by atoms with van der Waals surface area (Å²) in [6.07, 6.45) is 9.94. The van der Waals surface area contributed by atoms with E-state index in [9.17, 15) is 0 Å². The van der Waals surface area contributed by atoms with Gasteiger partial charge in [-0.25, -0.2) is 9.97 Å². The average Bonchev–Trinajstić information content (AvgIpc) is 3.54. The second kappa shape index (κ2) is 8.36. The summed E-state index contributed by atoms with van der Waals surface area (Å²) in [6.45, 7) is 0.777. The molecule has 5 nitrogen and oxygen atoms in total. The molecule has 7 aromatic rings. The number of rotatable bonds is 3. The van der Waals surface area contributed by atoms with Gasteiger partial charge in [-0.3, -0.25) is 9.38 Å². The lowest BCUT2D eigenvalue weighted by atomic mass is 9.94. The van der Waals surface area contributed by atoms with Crippen molar-refractivity contribution < 1.29 is 0 Å². The van der Waals surface area contributed by atoms with E-state index in [1.54, 1.807) is 11.3 Å². The number of hydrogen-bond acceptors (Lipinski definition) is 5. The molecule has 5 heterocycles. The molecule has 0 saturated heterocycles. The molecule has 0 amide bonds. The molecule has 3 aromatic carbocycles. The van der Waals surface area contributed by atoms with Crippen molar-refractivity contribution in [3.05, 3.63) is 115 Å². The van der Waals surface area contributed by atoms with Crippen LogP contribution in [0.15, 0.2) is 110 Å². The van der Waals surface area contributed by atoms with Crippen LogP contribution in [0.5, 0.6) is 0 Å². The first-order valence-corrected chi connectivity index (χ1v) is 13.4. The number of hydrogen-bond donors (Lipinski definition) is 1. The Labute approximate surface area is 222 Å². The van der Waals surface area contributed by atoms with Crippen molar-refractivity contribution in [3.8, 4) is 22.4 Å². The minimum atomic E-state index is 0.777. The summed E-state index contributed by atoms with van der Waals surface area (Å²) in [5, 5.41) is 4.42. The van der Waals surface area contributed by atoms with E-state index in [0.29, 0.717) is 0 Å². The first-order valence-electron chi connectivity index (χ1n) is 12.6. The van der Waals surface area contributed by atoms with Crippen LogP contribution in [0.1, 0.15) is 5.56 Å². The van der Waals surface area contributed by atoms with E-state index in [4.69, 9.17) is 9.97 Å². The second-order valence-corrected chi connectivity index (χ2v) is 10.5. The molecule has 4 aromatic heterocycles. The smallest absolute Gasteiger partial charge is 0.195 e. The summed E-state index contributed by atoms with van der Waals surface area (Å²) in [7, 11) is 0. The van der Waals surface area contributed by atoms with Gasteiger partial charge in [0, 0.05) is 35.5 Å². The second-order valence-electron chi connectivity index (χ2n) is 9.45. The van der Waals surface area contributed by atoms with Crippen molar-refractivity contribution in [2.75, 3.05) is 6.54 Å². The Bertz CT molecular complexity index is 2080. The van der Waals surface area contributed by atoms with Crippen LogP contribution < -0.4 is 5.32 Å². The van der Waals surface area contributed by atoms with Gasteiger partial charge in [0.15, 0.2) is 4.96 Å². The quantitative estimate of drug-likeness (QED) is 0.269. The Morgan fingerprint density at radius 1 is 0.816 bits per heavy atom. The minimum absolute atomic E-state index is 0.777. The lowest BCUT2D eigenvalue weighted by molar-refractivity contribution is 0.986. The van der Waals surface area contributed by atoms with Crippen LogP contribution in [-0.4, -0.2) is 25.9 Å². The van der Waals surface area contributed by atoms with E-state index in [1.807, 2.05) is 30.7 Å². The van der Waals surface area contributed by atoms with Gasteiger partial charge in [0.1, 0.15) is 11.0 Å². The molecule has 0 unspecified atom stereocenters. The maximum atomic E-state index is 5.28. The molecule has 1 N–H and O–H groups in total. The fourth-order valence-electron chi connectivity index (χ4n) is 5.38. The topological polar surface area (TPSA) is 55.1 Å². The van der Waals surface area contributed by atoms with Gasteiger partial charge >= 0.3 is 0 Å². The van der Waals surface area contributed by atoms with Crippen molar-refractivity contribution >= 4 is 54.0 Å². The summed E-state index contributed by atoms with van der Waals surface area (Å²) in [5.41, 5.74) is 10.7. The summed E-state index contributed by atoms with van der Waals surface area (Å²) in [5.74, 6) is 0. The molecule has 1 aliphatic rings. The highest BCUT2D eigenvalue weighted by Crippen LogP contribution is 2.39. The van der Waals surface area contributed by atoms with E-state index < -0.39 is 0 Å². The zero-order valence-electron chi connectivity index (χ0n) is 20.3. The van der Waals surface area contributed by atoms with Crippen LogP contribution in [-0.2, 0) is 0 Å². The molecule has 8 rings (SSSR count). The highest BCUT2D eigenvalue weighted by atomic mass is 32.1. The van der Waals surface area contributed by atoms with Crippen LogP contribution in [0.2, 0.25) is 0 Å². The third kappa shape index (κ3) is 3.27. The zero-order valence-corrected chi connectivity index (χ0v) is 21.1. The standard InChI is InChI=1S/C32H21N5S/c1-2-10-26-25(9-1)30-31(37-27-11-3-4-12-28(27)38-32(37)36-30)29(35-26)24-16-22(20-7-5-13-33-18-20)15-23(17-24)21-8-6-14-34-19-21/h1-18,34H,19H2. The molecular weight excluding hydrogens is 486 g/mol. The number of allylic oxidation sites excluding steroid dienone is 2. The van der Waals surface area contributed by atoms with E-state index >= 15 is 0 Å². The van der Waals surface area contributed by atoms with Crippen LogP contribution in [0.25, 0.3) is 65.1 Å². The highest BCUT2D eigenvalue weighted by molar-refractivity contribution is 7.23.